The molecule has 0 aliphatic rings. The number of esters is 1. The first kappa shape index (κ1) is 11.9. The van der Waals surface area contributed by atoms with Gasteiger partial charge in [0.1, 0.15) is 0 Å². The SMILES string of the molecule is COC(=O)C[C@@H](NC(C)=O)C(C)C. The van der Waals surface area contributed by atoms with Crippen LogP contribution in [0, 0.1) is 5.92 Å². The number of nitrogens with one attached hydrogen (secondary N) is 1. The van der Waals surface area contributed by atoms with E-state index >= 15 is 0 Å². The van der Waals surface area contributed by atoms with Crippen LogP contribution in [0.5, 0.6) is 0 Å². The first-order valence-corrected chi connectivity index (χ1v) is 4.31. The first-order valence-electron chi connectivity index (χ1n) is 4.31. The molecule has 0 radical (unpaired) electrons. The van der Waals surface area contributed by atoms with Crippen LogP contribution in [0.25, 0.3) is 0 Å². The van der Waals surface area contributed by atoms with Gasteiger partial charge in [-0.1, -0.05) is 13.8 Å². The van der Waals surface area contributed by atoms with Gasteiger partial charge in [-0.15, -0.1) is 0 Å². The lowest BCUT2D eigenvalue weighted by molar-refractivity contribution is -0.141. The Balaban J connectivity index is 4.09. The van der Waals surface area contributed by atoms with Crippen LogP contribution in [0.4, 0.5) is 0 Å². The molecular formula is C9H17NO3. The molecule has 0 aliphatic carbocycles. The molecule has 0 saturated carbocycles. The zero-order chi connectivity index (χ0) is 10.4. The zero-order valence-corrected chi connectivity index (χ0v) is 8.59. The number of amides is 1. The maximum atomic E-state index is 10.9. The van der Waals surface area contributed by atoms with Gasteiger partial charge in [-0.05, 0) is 5.92 Å². The van der Waals surface area contributed by atoms with Gasteiger partial charge in [-0.25, -0.2) is 0 Å². The van der Waals surface area contributed by atoms with Crippen molar-refractivity contribution in [1.82, 2.24) is 5.32 Å². The summed E-state index contributed by atoms with van der Waals surface area (Å²) < 4.78 is 4.52. The summed E-state index contributed by atoms with van der Waals surface area (Å²) in [5.74, 6) is -0.196. The van der Waals surface area contributed by atoms with Crippen LogP contribution in [0.15, 0.2) is 0 Å². The van der Waals surface area contributed by atoms with E-state index in [2.05, 4.69) is 10.1 Å². The third-order valence-corrected chi connectivity index (χ3v) is 1.81. The van der Waals surface area contributed by atoms with Crippen LogP contribution < -0.4 is 5.32 Å². The number of carbonyl (C=O) groups is 2. The Hall–Kier alpha value is -1.06. The molecule has 76 valence electrons. The van der Waals surface area contributed by atoms with Gasteiger partial charge < -0.3 is 10.1 Å². The lowest BCUT2D eigenvalue weighted by Crippen LogP contribution is -2.39. The monoisotopic (exact) mass is 187 g/mol. The molecule has 0 aromatic rings. The highest BCUT2D eigenvalue weighted by molar-refractivity contribution is 5.75. The fraction of sp³-hybridized carbons (Fsp3) is 0.778. The second-order valence-corrected chi connectivity index (χ2v) is 3.33. The summed E-state index contributed by atoms with van der Waals surface area (Å²) in [5.41, 5.74) is 0. The molecular weight excluding hydrogens is 170 g/mol. The Kier molecular flexibility index (Phi) is 5.11. The molecule has 0 aromatic carbocycles. The highest BCUT2D eigenvalue weighted by Gasteiger charge is 2.18. The van der Waals surface area contributed by atoms with Crippen molar-refractivity contribution in [2.45, 2.75) is 33.2 Å². The van der Waals surface area contributed by atoms with Gasteiger partial charge in [-0.2, -0.15) is 0 Å². The summed E-state index contributed by atoms with van der Waals surface area (Å²) >= 11 is 0. The van der Waals surface area contributed by atoms with E-state index in [-0.39, 0.29) is 30.3 Å². The van der Waals surface area contributed by atoms with Crippen molar-refractivity contribution in [2.24, 2.45) is 5.92 Å². The van der Waals surface area contributed by atoms with Crippen molar-refractivity contribution in [3.05, 3.63) is 0 Å². The Morgan fingerprint density at radius 2 is 1.92 bits per heavy atom. The number of methoxy groups -OCH3 is 1. The van der Waals surface area contributed by atoms with Gasteiger partial charge in [0.05, 0.1) is 13.5 Å². The minimum Gasteiger partial charge on any atom is -0.469 e. The van der Waals surface area contributed by atoms with Gasteiger partial charge in [-0.3, -0.25) is 9.59 Å². The molecule has 0 heterocycles. The quantitative estimate of drug-likeness (QED) is 0.659. The van der Waals surface area contributed by atoms with Crippen molar-refractivity contribution in [2.75, 3.05) is 7.11 Å². The van der Waals surface area contributed by atoms with E-state index in [0.29, 0.717) is 0 Å². The predicted molar refractivity (Wildman–Crippen MR) is 49.1 cm³/mol. The van der Waals surface area contributed by atoms with Gasteiger partial charge in [0.25, 0.3) is 0 Å². The Morgan fingerprint density at radius 1 is 1.38 bits per heavy atom. The maximum Gasteiger partial charge on any atom is 0.307 e. The predicted octanol–water partition coefficient (Wildman–Crippen LogP) is 0.710. The van der Waals surface area contributed by atoms with Gasteiger partial charge in [0, 0.05) is 13.0 Å². The minimum absolute atomic E-state index is 0.123. The van der Waals surface area contributed by atoms with Crippen LogP contribution in [0.1, 0.15) is 27.2 Å². The molecule has 0 aliphatic heterocycles. The molecule has 4 nitrogen and oxygen atoms in total. The van der Waals surface area contributed by atoms with Crippen LogP contribution in [0.3, 0.4) is 0 Å². The van der Waals surface area contributed by atoms with Crippen LogP contribution >= 0.6 is 0 Å². The smallest absolute Gasteiger partial charge is 0.307 e. The highest BCUT2D eigenvalue weighted by atomic mass is 16.5. The largest absolute Gasteiger partial charge is 0.469 e. The first-order chi connectivity index (χ1) is 5.97. The molecule has 0 aromatic heterocycles. The van der Waals surface area contributed by atoms with Crippen molar-refractivity contribution in [1.29, 1.82) is 0 Å². The number of hydrogen-bond donors (Lipinski definition) is 1. The van der Waals surface area contributed by atoms with E-state index in [1.54, 1.807) is 0 Å². The molecule has 0 saturated heterocycles. The average Bonchev–Trinajstić information content (AvgIpc) is 2.02. The van der Waals surface area contributed by atoms with Crippen LogP contribution in [-0.2, 0) is 14.3 Å². The van der Waals surface area contributed by atoms with Gasteiger partial charge in [0.2, 0.25) is 5.91 Å². The molecule has 1 N–H and O–H groups in total. The molecule has 0 rings (SSSR count). The van der Waals surface area contributed by atoms with E-state index in [1.807, 2.05) is 13.8 Å². The average molecular weight is 187 g/mol. The van der Waals surface area contributed by atoms with Crippen LogP contribution in [-0.4, -0.2) is 25.0 Å². The third kappa shape index (κ3) is 5.22. The fourth-order valence-electron chi connectivity index (χ4n) is 0.977. The Bertz CT molecular complexity index is 189. The number of hydrogen-bond acceptors (Lipinski definition) is 3. The van der Waals surface area contributed by atoms with E-state index in [4.69, 9.17) is 0 Å². The number of ether oxygens (including phenoxy) is 1. The number of rotatable bonds is 4. The van der Waals surface area contributed by atoms with Crippen molar-refractivity contribution >= 4 is 11.9 Å². The highest BCUT2D eigenvalue weighted by Crippen LogP contribution is 2.06. The van der Waals surface area contributed by atoms with Crippen molar-refractivity contribution < 1.29 is 14.3 Å². The van der Waals surface area contributed by atoms with Crippen molar-refractivity contribution in [3.8, 4) is 0 Å². The molecule has 0 spiro atoms. The van der Waals surface area contributed by atoms with E-state index in [9.17, 15) is 9.59 Å². The molecule has 1 amide bonds. The molecule has 4 heteroatoms. The summed E-state index contributed by atoms with van der Waals surface area (Å²) in [4.78, 5) is 21.7. The lowest BCUT2D eigenvalue weighted by atomic mass is 10.0. The van der Waals surface area contributed by atoms with E-state index in [0.717, 1.165) is 0 Å². The molecule has 13 heavy (non-hydrogen) atoms. The molecule has 0 unspecified atom stereocenters. The topological polar surface area (TPSA) is 55.4 Å². The normalized spacial score (nSPS) is 12.4. The summed E-state index contributed by atoms with van der Waals surface area (Å²) in [6.07, 6.45) is 0.230. The summed E-state index contributed by atoms with van der Waals surface area (Å²) in [5, 5.41) is 2.70. The van der Waals surface area contributed by atoms with Crippen molar-refractivity contribution in [3.63, 3.8) is 0 Å². The standard InChI is InChI=1S/C9H17NO3/c1-6(2)8(10-7(3)11)5-9(12)13-4/h6,8H,5H2,1-4H3,(H,10,11)/t8-/m1/s1. The lowest BCUT2D eigenvalue weighted by Gasteiger charge is -2.20. The second-order valence-electron chi connectivity index (χ2n) is 3.33. The van der Waals surface area contributed by atoms with E-state index < -0.39 is 0 Å². The second kappa shape index (κ2) is 5.56. The van der Waals surface area contributed by atoms with E-state index in [1.165, 1.54) is 14.0 Å². The molecule has 0 fully saturated rings. The summed E-state index contributed by atoms with van der Waals surface area (Å²) in [6.45, 7) is 5.33. The minimum atomic E-state index is -0.299. The summed E-state index contributed by atoms with van der Waals surface area (Å²) in [7, 11) is 1.34. The number of carbonyl (C=O) groups excluding carboxylic acids is 2. The summed E-state index contributed by atoms with van der Waals surface area (Å²) in [6, 6.07) is -0.134. The molecule has 0 bridgehead atoms. The molecule has 1 atom stereocenters. The Morgan fingerprint density at radius 3 is 2.23 bits per heavy atom. The fourth-order valence-corrected chi connectivity index (χ4v) is 0.977. The van der Waals surface area contributed by atoms with Gasteiger partial charge in [0.15, 0.2) is 0 Å². The zero-order valence-electron chi connectivity index (χ0n) is 8.59. The third-order valence-electron chi connectivity index (χ3n) is 1.81. The van der Waals surface area contributed by atoms with Crippen LogP contribution in [0.2, 0.25) is 0 Å². The Labute approximate surface area is 78.6 Å². The van der Waals surface area contributed by atoms with Gasteiger partial charge >= 0.3 is 5.97 Å². The maximum absolute atomic E-state index is 10.9.